The molecular formula is C17H18N4OS. The van der Waals surface area contributed by atoms with Crippen LogP contribution in [0.5, 0.6) is 0 Å². The zero-order valence-corrected chi connectivity index (χ0v) is 13.9. The number of thiophene rings is 1. The number of carbonyl (C=O) groups is 1. The van der Waals surface area contributed by atoms with Crippen LogP contribution in [0.25, 0.3) is 10.9 Å². The Kier molecular flexibility index (Phi) is 3.92. The maximum absolute atomic E-state index is 12.0. The number of hydrogen-bond acceptors (Lipinski definition) is 2. The normalized spacial score (nSPS) is 10.9. The zero-order valence-electron chi connectivity index (χ0n) is 13.0. The molecule has 0 fully saturated rings. The van der Waals surface area contributed by atoms with Crippen LogP contribution >= 0.6 is 11.3 Å². The zero-order chi connectivity index (χ0) is 16.6. The average molecular weight is 326 g/mol. The Morgan fingerprint density at radius 1 is 1.26 bits per heavy atom. The molecule has 1 aromatic carbocycles. The number of nitrogens with two attached hydrogens (primary N) is 2. The molecule has 0 unspecified atom stereocenters. The Hall–Kier alpha value is -2.60. The van der Waals surface area contributed by atoms with Crippen LogP contribution in [0.1, 0.15) is 27.2 Å². The van der Waals surface area contributed by atoms with Crippen molar-refractivity contribution in [2.45, 2.75) is 20.4 Å². The molecule has 0 aliphatic carbocycles. The topological polar surface area (TPSA) is 86.4 Å². The van der Waals surface area contributed by atoms with Crippen molar-refractivity contribution in [2.75, 3.05) is 0 Å². The minimum Gasteiger partial charge on any atom is -0.370 e. The second-order valence-corrected chi connectivity index (χ2v) is 6.28. The molecule has 1 amide bonds. The van der Waals surface area contributed by atoms with E-state index < -0.39 is 5.91 Å². The number of aromatic nitrogens is 1. The number of fused-ring (bicyclic) bond motifs is 1. The lowest BCUT2D eigenvalue weighted by atomic mass is 10.1. The Morgan fingerprint density at radius 2 is 2.04 bits per heavy atom. The van der Waals surface area contributed by atoms with E-state index in [1.165, 1.54) is 11.3 Å². The molecule has 5 nitrogen and oxygen atoms in total. The number of rotatable bonds is 3. The number of aliphatic imine (C=N–C) groups is 1. The van der Waals surface area contributed by atoms with Gasteiger partial charge in [0.15, 0.2) is 5.96 Å². The lowest BCUT2D eigenvalue weighted by Gasteiger charge is -2.07. The molecule has 0 aliphatic heterocycles. The van der Waals surface area contributed by atoms with Crippen molar-refractivity contribution in [2.24, 2.45) is 16.5 Å². The van der Waals surface area contributed by atoms with Gasteiger partial charge in [-0.05, 0) is 60.0 Å². The van der Waals surface area contributed by atoms with E-state index in [1.54, 1.807) is 17.4 Å². The molecule has 0 atom stereocenters. The Morgan fingerprint density at radius 3 is 2.70 bits per heavy atom. The van der Waals surface area contributed by atoms with Gasteiger partial charge in [0.2, 0.25) is 0 Å². The van der Waals surface area contributed by atoms with Crippen LogP contribution in [-0.4, -0.2) is 16.4 Å². The molecule has 6 heteroatoms. The predicted octanol–water partition coefficient (Wildman–Crippen LogP) is 2.78. The third kappa shape index (κ3) is 2.85. The summed E-state index contributed by atoms with van der Waals surface area (Å²) in [6.45, 7) is 4.98. The number of hydrogen-bond donors (Lipinski definition) is 2. The van der Waals surface area contributed by atoms with Crippen LogP contribution < -0.4 is 11.5 Å². The van der Waals surface area contributed by atoms with Gasteiger partial charge >= 0.3 is 0 Å². The van der Waals surface area contributed by atoms with E-state index in [0.717, 1.165) is 23.0 Å². The first-order valence-corrected chi connectivity index (χ1v) is 8.16. The number of amides is 1. The van der Waals surface area contributed by atoms with E-state index in [2.05, 4.69) is 40.2 Å². The second kappa shape index (κ2) is 5.89. The summed E-state index contributed by atoms with van der Waals surface area (Å²) in [5.74, 6) is -0.646. The first-order valence-electron chi connectivity index (χ1n) is 7.22. The van der Waals surface area contributed by atoms with E-state index in [9.17, 15) is 4.79 Å². The van der Waals surface area contributed by atoms with Gasteiger partial charge in [-0.15, -0.1) is 0 Å². The van der Waals surface area contributed by atoms with Crippen LogP contribution in [0, 0.1) is 13.8 Å². The average Bonchev–Trinajstić information content (AvgIpc) is 3.10. The van der Waals surface area contributed by atoms with Gasteiger partial charge in [-0.1, -0.05) is 0 Å². The van der Waals surface area contributed by atoms with Gasteiger partial charge in [0.05, 0.1) is 0 Å². The van der Waals surface area contributed by atoms with E-state index in [0.29, 0.717) is 5.56 Å². The summed E-state index contributed by atoms with van der Waals surface area (Å²) in [7, 11) is 0. The maximum Gasteiger partial charge on any atom is 0.280 e. The highest BCUT2D eigenvalue weighted by molar-refractivity contribution is 7.07. The van der Waals surface area contributed by atoms with Gasteiger partial charge in [0.25, 0.3) is 5.91 Å². The van der Waals surface area contributed by atoms with Crippen LogP contribution in [0.4, 0.5) is 0 Å². The van der Waals surface area contributed by atoms with Crippen LogP contribution in [-0.2, 0) is 6.54 Å². The smallest absolute Gasteiger partial charge is 0.280 e. The molecular weight excluding hydrogens is 308 g/mol. The standard InChI is InChI=1S/C17H18N4OS/c1-10-11(2)21(8-12-5-6-23-9-12)15-4-3-13(7-14(10)15)16(22)20-17(18)19/h3-7,9H,8H2,1-2H3,(H4,18,19,20,22). The number of aryl methyl sites for hydroxylation is 1. The molecule has 0 radical (unpaired) electrons. The van der Waals surface area contributed by atoms with Crippen molar-refractivity contribution < 1.29 is 4.79 Å². The summed E-state index contributed by atoms with van der Waals surface area (Å²) in [6.07, 6.45) is 0. The first kappa shape index (κ1) is 15.3. The molecule has 0 saturated carbocycles. The lowest BCUT2D eigenvalue weighted by Crippen LogP contribution is -2.24. The highest BCUT2D eigenvalue weighted by Crippen LogP contribution is 2.27. The molecule has 118 valence electrons. The van der Waals surface area contributed by atoms with Crippen molar-refractivity contribution in [3.63, 3.8) is 0 Å². The van der Waals surface area contributed by atoms with Gasteiger partial charge < -0.3 is 16.0 Å². The lowest BCUT2D eigenvalue weighted by molar-refractivity contribution is 0.100. The molecule has 0 bridgehead atoms. The van der Waals surface area contributed by atoms with Crippen molar-refractivity contribution in [1.29, 1.82) is 0 Å². The first-order chi connectivity index (χ1) is 11.0. The van der Waals surface area contributed by atoms with Crippen molar-refractivity contribution >= 4 is 34.1 Å². The van der Waals surface area contributed by atoms with E-state index in [1.807, 2.05) is 12.1 Å². The molecule has 3 aromatic rings. The minimum absolute atomic E-state index is 0.224. The third-order valence-corrected chi connectivity index (χ3v) is 4.77. The molecule has 23 heavy (non-hydrogen) atoms. The molecule has 2 heterocycles. The van der Waals surface area contributed by atoms with Gasteiger partial charge in [-0.3, -0.25) is 4.79 Å². The summed E-state index contributed by atoms with van der Waals surface area (Å²) in [6, 6.07) is 7.70. The van der Waals surface area contributed by atoms with Crippen LogP contribution in [0.3, 0.4) is 0 Å². The van der Waals surface area contributed by atoms with Gasteiger partial charge in [0.1, 0.15) is 0 Å². The van der Waals surface area contributed by atoms with Crippen molar-refractivity contribution in [3.05, 3.63) is 57.4 Å². The predicted molar refractivity (Wildman–Crippen MR) is 95.0 cm³/mol. The van der Waals surface area contributed by atoms with E-state index in [-0.39, 0.29) is 5.96 Å². The van der Waals surface area contributed by atoms with E-state index >= 15 is 0 Å². The minimum atomic E-state index is -0.422. The van der Waals surface area contributed by atoms with Gasteiger partial charge in [-0.25, -0.2) is 0 Å². The monoisotopic (exact) mass is 326 g/mol. The number of benzene rings is 1. The molecule has 4 N–H and O–H groups in total. The van der Waals surface area contributed by atoms with E-state index in [4.69, 9.17) is 11.5 Å². The highest BCUT2D eigenvalue weighted by Gasteiger charge is 2.14. The molecule has 0 aliphatic rings. The van der Waals surface area contributed by atoms with Crippen LogP contribution in [0.15, 0.2) is 40.0 Å². The summed E-state index contributed by atoms with van der Waals surface area (Å²) in [4.78, 5) is 15.6. The largest absolute Gasteiger partial charge is 0.370 e. The summed E-state index contributed by atoms with van der Waals surface area (Å²) >= 11 is 1.69. The fourth-order valence-corrected chi connectivity index (χ4v) is 3.39. The molecule has 2 aromatic heterocycles. The fourth-order valence-electron chi connectivity index (χ4n) is 2.73. The van der Waals surface area contributed by atoms with Gasteiger partial charge in [-0.2, -0.15) is 16.3 Å². The Bertz CT molecular complexity index is 902. The quantitative estimate of drug-likeness (QED) is 0.573. The van der Waals surface area contributed by atoms with Crippen LogP contribution in [0.2, 0.25) is 0 Å². The summed E-state index contributed by atoms with van der Waals surface area (Å²) in [5.41, 5.74) is 15.8. The molecule has 3 rings (SSSR count). The highest BCUT2D eigenvalue weighted by atomic mass is 32.1. The van der Waals surface area contributed by atoms with Gasteiger partial charge in [0, 0.05) is 28.7 Å². The fraction of sp³-hybridized carbons (Fsp3) is 0.176. The molecule has 0 spiro atoms. The summed E-state index contributed by atoms with van der Waals surface area (Å²) in [5, 5.41) is 5.28. The Labute approximate surface area is 138 Å². The number of guanidine groups is 1. The van der Waals surface area contributed by atoms with Crippen molar-refractivity contribution in [1.82, 2.24) is 4.57 Å². The second-order valence-electron chi connectivity index (χ2n) is 5.50. The number of nitrogens with zero attached hydrogens (tertiary/aromatic N) is 2. The third-order valence-electron chi connectivity index (χ3n) is 4.04. The SMILES string of the molecule is Cc1c(C)n(Cc2ccsc2)c2ccc(C(=O)N=C(N)N)cc12. The number of carbonyl (C=O) groups excluding carboxylic acids is 1. The summed E-state index contributed by atoms with van der Waals surface area (Å²) < 4.78 is 2.27. The molecule has 0 saturated heterocycles. The maximum atomic E-state index is 12.0. The van der Waals surface area contributed by atoms with Crippen molar-refractivity contribution in [3.8, 4) is 0 Å². The Balaban J connectivity index is 2.09.